The zero-order valence-corrected chi connectivity index (χ0v) is 26.3. The van der Waals surface area contributed by atoms with E-state index in [2.05, 4.69) is 46.7 Å². The van der Waals surface area contributed by atoms with Gasteiger partial charge in [-0.3, -0.25) is 9.59 Å². The molecule has 1 aliphatic heterocycles. The van der Waals surface area contributed by atoms with Crippen molar-refractivity contribution >= 4 is 40.6 Å². The fraction of sp³-hybridized carbons (Fsp3) is 0.206. The van der Waals surface area contributed by atoms with Gasteiger partial charge in [-0.05, 0) is 41.6 Å². The molecular weight excluding hydrogens is 605 g/mol. The molecule has 0 bridgehead atoms. The van der Waals surface area contributed by atoms with Gasteiger partial charge in [-0.2, -0.15) is 5.10 Å². The number of aromatic nitrogens is 3. The zero-order valence-electron chi connectivity index (χ0n) is 24.7. The van der Waals surface area contributed by atoms with Crippen LogP contribution in [0.4, 0.5) is 0 Å². The first kappa shape index (κ1) is 30.3. The highest BCUT2D eigenvalue weighted by atomic mass is 32.2. The summed E-state index contributed by atoms with van der Waals surface area (Å²) in [6.45, 7) is 2.60. The molecule has 0 fully saturated rings. The van der Waals surface area contributed by atoms with Crippen molar-refractivity contribution in [2.75, 3.05) is 12.4 Å². The van der Waals surface area contributed by atoms with Crippen LogP contribution in [-0.4, -0.2) is 49.7 Å². The van der Waals surface area contributed by atoms with Crippen LogP contribution in [0.15, 0.2) is 113 Å². The number of nitrogens with zero attached hydrogens (tertiary/aromatic N) is 5. The first-order valence-electron chi connectivity index (χ1n) is 14.6. The Kier molecular flexibility index (Phi) is 9.67. The molecule has 5 aromatic rings. The Morgan fingerprint density at radius 1 is 0.956 bits per heavy atom. The Labute approximate surface area is 270 Å². The van der Waals surface area contributed by atoms with Crippen LogP contribution in [0.3, 0.4) is 0 Å². The number of benzene rings is 3. The van der Waals surface area contributed by atoms with E-state index in [-0.39, 0.29) is 36.8 Å². The molecular formula is C34H32N6O3S2. The second kappa shape index (κ2) is 14.4. The summed E-state index contributed by atoms with van der Waals surface area (Å²) in [6.07, 6.45) is 0.655. The number of carbonyl (C=O) groups is 2. The van der Waals surface area contributed by atoms with Crippen molar-refractivity contribution in [3.05, 3.63) is 130 Å². The van der Waals surface area contributed by atoms with Gasteiger partial charge >= 0.3 is 0 Å². The van der Waals surface area contributed by atoms with E-state index in [1.807, 2.05) is 70.6 Å². The Morgan fingerprint density at radius 2 is 1.71 bits per heavy atom. The summed E-state index contributed by atoms with van der Waals surface area (Å²) in [7, 11) is 0. The number of ether oxygens (including phenoxy) is 1. The highest BCUT2D eigenvalue weighted by Gasteiger charge is 2.33. The molecule has 6 rings (SSSR count). The largest absolute Gasteiger partial charge is 0.484 e. The minimum Gasteiger partial charge on any atom is -0.484 e. The molecule has 0 unspecified atom stereocenters. The highest BCUT2D eigenvalue weighted by molar-refractivity contribution is 7.99. The first-order valence-corrected chi connectivity index (χ1v) is 16.4. The number of aryl methyl sites for hydroxylation is 1. The van der Waals surface area contributed by atoms with E-state index in [1.165, 1.54) is 11.8 Å². The molecule has 0 radical (unpaired) electrons. The molecule has 2 amide bonds. The molecule has 0 spiro atoms. The molecule has 3 aromatic carbocycles. The molecule has 0 saturated heterocycles. The van der Waals surface area contributed by atoms with Crippen LogP contribution in [0.25, 0.3) is 0 Å². The summed E-state index contributed by atoms with van der Waals surface area (Å²) in [5, 5.41) is 20.7. The van der Waals surface area contributed by atoms with Gasteiger partial charge in [0.1, 0.15) is 5.75 Å². The maximum Gasteiger partial charge on any atom is 0.258 e. The average molecular weight is 637 g/mol. The summed E-state index contributed by atoms with van der Waals surface area (Å²) in [5.41, 5.74) is 4.18. The second-order valence-electron chi connectivity index (χ2n) is 10.5. The number of amides is 2. The number of rotatable bonds is 12. The van der Waals surface area contributed by atoms with Crippen LogP contribution in [0.5, 0.6) is 5.75 Å². The van der Waals surface area contributed by atoms with Gasteiger partial charge in [0.15, 0.2) is 17.6 Å². The quantitative estimate of drug-likeness (QED) is 0.172. The number of para-hydroxylation sites is 1. The standard InChI is InChI=1S/C34H32N6O3S2/c1-24-14-16-26(17-15-24)29-19-28(30-13-8-18-44-30)38-40(29)33(42)23-45-34-37-36-31(39(34)21-25-9-4-2-5-10-25)20-35-32(41)22-43-27-11-6-3-7-12-27/h2-18,29H,19-23H2,1H3,(H,35,41)/t29-/m1/s1. The summed E-state index contributed by atoms with van der Waals surface area (Å²) < 4.78 is 7.51. The van der Waals surface area contributed by atoms with Crippen molar-refractivity contribution in [3.63, 3.8) is 0 Å². The van der Waals surface area contributed by atoms with Crippen molar-refractivity contribution in [2.24, 2.45) is 5.10 Å². The minimum atomic E-state index is -0.270. The molecule has 1 N–H and O–H groups in total. The number of thioether (sulfide) groups is 1. The van der Waals surface area contributed by atoms with Gasteiger partial charge < -0.3 is 14.6 Å². The van der Waals surface area contributed by atoms with E-state index >= 15 is 0 Å². The molecule has 0 aliphatic carbocycles. The van der Waals surface area contributed by atoms with Crippen LogP contribution in [0.1, 0.15) is 39.9 Å². The zero-order chi connectivity index (χ0) is 31.0. The van der Waals surface area contributed by atoms with Gasteiger partial charge in [0, 0.05) is 6.42 Å². The number of hydrogen-bond donors (Lipinski definition) is 1. The van der Waals surface area contributed by atoms with Gasteiger partial charge in [-0.1, -0.05) is 96.2 Å². The van der Waals surface area contributed by atoms with E-state index in [0.717, 1.165) is 27.3 Å². The maximum absolute atomic E-state index is 13.7. The highest BCUT2D eigenvalue weighted by Crippen LogP contribution is 2.35. The molecule has 228 valence electrons. The lowest BCUT2D eigenvalue weighted by Gasteiger charge is -2.22. The summed E-state index contributed by atoms with van der Waals surface area (Å²) in [5.74, 6) is 0.956. The van der Waals surface area contributed by atoms with Crippen LogP contribution in [0.2, 0.25) is 0 Å². The van der Waals surface area contributed by atoms with Gasteiger partial charge in [0.25, 0.3) is 11.8 Å². The molecule has 2 aromatic heterocycles. The third kappa shape index (κ3) is 7.68. The van der Waals surface area contributed by atoms with Gasteiger partial charge in [0.05, 0.1) is 35.5 Å². The molecule has 0 saturated carbocycles. The molecule has 45 heavy (non-hydrogen) atoms. The Hall–Kier alpha value is -4.74. The number of hydrazone groups is 1. The lowest BCUT2D eigenvalue weighted by atomic mass is 10.00. The molecule has 3 heterocycles. The number of nitrogens with one attached hydrogen (secondary N) is 1. The van der Waals surface area contributed by atoms with Crippen LogP contribution in [0, 0.1) is 6.92 Å². The smallest absolute Gasteiger partial charge is 0.258 e. The van der Waals surface area contributed by atoms with Gasteiger partial charge in [-0.25, -0.2) is 5.01 Å². The predicted octanol–water partition coefficient (Wildman–Crippen LogP) is 5.86. The lowest BCUT2D eigenvalue weighted by Crippen LogP contribution is -2.30. The van der Waals surface area contributed by atoms with Crippen LogP contribution in [-0.2, 0) is 22.7 Å². The van der Waals surface area contributed by atoms with Crippen LogP contribution < -0.4 is 10.1 Å². The van der Waals surface area contributed by atoms with Gasteiger partial charge in [-0.15, -0.1) is 21.5 Å². The lowest BCUT2D eigenvalue weighted by molar-refractivity contribution is -0.130. The first-order chi connectivity index (χ1) is 22.0. The van der Waals surface area contributed by atoms with Crippen molar-refractivity contribution in [1.29, 1.82) is 0 Å². The summed E-state index contributed by atoms with van der Waals surface area (Å²) >= 11 is 2.94. The maximum atomic E-state index is 13.7. The van der Waals surface area contributed by atoms with E-state index in [4.69, 9.17) is 9.84 Å². The Balaban J connectivity index is 1.16. The van der Waals surface area contributed by atoms with E-state index < -0.39 is 0 Å². The Morgan fingerprint density at radius 3 is 2.44 bits per heavy atom. The third-order valence-electron chi connectivity index (χ3n) is 7.29. The van der Waals surface area contributed by atoms with E-state index in [9.17, 15) is 9.59 Å². The SMILES string of the molecule is Cc1ccc([C@H]2CC(c3cccs3)=NN2C(=O)CSc2nnc(CNC(=O)COc3ccccc3)n2Cc2ccccc2)cc1. The Bertz CT molecular complexity index is 1760. The molecule has 11 heteroatoms. The molecule has 9 nitrogen and oxygen atoms in total. The van der Waals surface area contributed by atoms with Crippen molar-refractivity contribution < 1.29 is 14.3 Å². The van der Waals surface area contributed by atoms with Crippen molar-refractivity contribution in [1.82, 2.24) is 25.1 Å². The average Bonchev–Trinajstić information content (AvgIpc) is 3.84. The van der Waals surface area contributed by atoms with E-state index in [1.54, 1.807) is 28.5 Å². The van der Waals surface area contributed by atoms with Crippen molar-refractivity contribution in [2.45, 2.75) is 37.6 Å². The van der Waals surface area contributed by atoms with Gasteiger partial charge in [0.2, 0.25) is 0 Å². The molecule has 1 atom stereocenters. The number of thiophene rings is 1. The number of hydrogen-bond acceptors (Lipinski definition) is 8. The predicted molar refractivity (Wildman–Crippen MR) is 176 cm³/mol. The summed E-state index contributed by atoms with van der Waals surface area (Å²) in [4.78, 5) is 27.4. The van der Waals surface area contributed by atoms with Crippen molar-refractivity contribution in [3.8, 4) is 5.75 Å². The second-order valence-corrected chi connectivity index (χ2v) is 12.4. The summed E-state index contributed by atoms with van der Waals surface area (Å²) in [6, 6.07) is 31.3. The third-order valence-corrected chi connectivity index (χ3v) is 9.16. The normalized spacial score (nSPS) is 14.3. The number of carbonyl (C=O) groups excluding carboxylic acids is 2. The fourth-order valence-electron chi connectivity index (χ4n) is 4.95. The fourth-order valence-corrected chi connectivity index (χ4v) is 6.48. The van der Waals surface area contributed by atoms with E-state index in [0.29, 0.717) is 29.7 Å². The topological polar surface area (TPSA) is 102 Å². The van der Waals surface area contributed by atoms with Crippen LogP contribution >= 0.6 is 23.1 Å². The molecule has 1 aliphatic rings. The minimum absolute atomic E-state index is 0.112. The monoisotopic (exact) mass is 636 g/mol.